The summed E-state index contributed by atoms with van der Waals surface area (Å²) >= 11 is 0. The van der Waals surface area contributed by atoms with E-state index in [1.54, 1.807) is 7.11 Å². The topological polar surface area (TPSA) is 48.2 Å². The van der Waals surface area contributed by atoms with Crippen LogP contribution in [0.4, 0.5) is 0 Å². The third-order valence-electron chi connectivity index (χ3n) is 2.60. The van der Waals surface area contributed by atoms with Gasteiger partial charge in [0.1, 0.15) is 6.10 Å². The molecule has 1 aromatic heterocycles. The lowest BCUT2D eigenvalue weighted by molar-refractivity contribution is 0.109. The van der Waals surface area contributed by atoms with Crippen LogP contribution in [0.1, 0.15) is 44.0 Å². The molecular weight excluding hydrogens is 168 g/mol. The van der Waals surface area contributed by atoms with Gasteiger partial charge in [-0.15, -0.1) is 0 Å². The third-order valence-corrected chi connectivity index (χ3v) is 2.60. The molecule has 0 amide bonds. The van der Waals surface area contributed by atoms with Crippen LogP contribution >= 0.6 is 0 Å². The summed E-state index contributed by atoms with van der Waals surface area (Å²) < 4.78 is 10.2. The van der Waals surface area contributed by atoms with Gasteiger partial charge in [0.15, 0.2) is 5.82 Å². The minimum absolute atomic E-state index is 0.0773. The van der Waals surface area contributed by atoms with Gasteiger partial charge in [-0.25, -0.2) is 0 Å². The van der Waals surface area contributed by atoms with Crippen molar-refractivity contribution in [3.8, 4) is 0 Å². The van der Waals surface area contributed by atoms with Gasteiger partial charge in [-0.3, -0.25) is 0 Å². The van der Waals surface area contributed by atoms with E-state index in [9.17, 15) is 0 Å². The summed E-state index contributed by atoms with van der Waals surface area (Å²) in [6, 6.07) is 0. The Balaban J connectivity index is 2.09. The maximum Gasteiger partial charge on any atom is 0.230 e. The van der Waals surface area contributed by atoms with Crippen molar-refractivity contribution < 1.29 is 9.26 Å². The van der Waals surface area contributed by atoms with Crippen LogP contribution in [-0.4, -0.2) is 17.3 Å². The molecule has 0 saturated heterocycles. The first-order valence-corrected chi connectivity index (χ1v) is 4.58. The van der Waals surface area contributed by atoms with Gasteiger partial charge < -0.3 is 9.26 Å². The molecule has 0 aromatic carbocycles. The molecule has 72 valence electrons. The van der Waals surface area contributed by atoms with Crippen LogP contribution in [-0.2, 0) is 4.74 Å². The molecule has 1 aliphatic carbocycles. The van der Waals surface area contributed by atoms with Gasteiger partial charge in [0, 0.05) is 13.0 Å². The summed E-state index contributed by atoms with van der Waals surface area (Å²) in [4.78, 5) is 4.29. The number of aromatic nitrogens is 2. The molecule has 1 saturated carbocycles. The zero-order valence-electron chi connectivity index (χ0n) is 8.15. The molecule has 1 aliphatic rings. The zero-order valence-corrected chi connectivity index (χ0v) is 8.15. The molecule has 1 heterocycles. The molecule has 4 heteroatoms. The van der Waals surface area contributed by atoms with Gasteiger partial charge in [-0.1, -0.05) is 12.1 Å². The van der Waals surface area contributed by atoms with Crippen LogP contribution in [0, 0.1) is 5.92 Å². The highest BCUT2D eigenvalue weighted by atomic mass is 16.5. The quantitative estimate of drug-likeness (QED) is 0.716. The summed E-state index contributed by atoms with van der Waals surface area (Å²) in [7, 11) is 1.64. The molecule has 0 bridgehead atoms. The summed E-state index contributed by atoms with van der Waals surface area (Å²) in [6.45, 7) is 4.10. The van der Waals surface area contributed by atoms with Crippen LogP contribution in [0.2, 0.25) is 0 Å². The van der Waals surface area contributed by atoms with Gasteiger partial charge in [0.25, 0.3) is 0 Å². The molecule has 0 aliphatic heterocycles. The number of nitrogens with zero attached hydrogens (tertiary/aromatic N) is 2. The van der Waals surface area contributed by atoms with Crippen LogP contribution in [0.25, 0.3) is 0 Å². The van der Waals surface area contributed by atoms with E-state index in [0.717, 1.165) is 5.89 Å². The molecule has 4 nitrogen and oxygen atoms in total. The molecule has 0 spiro atoms. The van der Waals surface area contributed by atoms with Crippen molar-refractivity contribution in [2.24, 2.45) is 5.92 Å². The van der Waals surface area contributed by atoms with Gasteiger partial charge >= 0.3 is 0 Å². The second kappa shape index (κ2) is 3.10. The molecule has 0 radical (unpaired) electrons. The van der Waals surface area contributed by atoms with E-state index >= 15 is 0 Å². The molecule has 2 rings (SSSR count). The van der Waals surface area contributed by atoms with Crippen LogP contribution < -0.4 is 0 Å². The van der Waals surface area contributed by atoms with E-state index in [0.29, 0.717) is 17.7 Å². The van der Waals surface area contributed by atoms with Gasteiger partial charge in [-0.05, 0) is 19.3 Å². The van der Waals surface area contributed by atoms with Crippen molar-refractivity contribution in [3.05, 3.63) is 11.7 Å². The second-order valence-corrected chi connectivity index (χ2v) is 3.69. The van der Waals surface area contributed by atoms with Crippen LogP contribution in [0.15, 0.2) is 4.52 Å². The normalized spacial score (nSPS) is 28.8. The highest BCUT2D eigenvalue weighted by Crippen LogP contribution is 2.46. The number of hydrogen-bond donors (Lipinski definition) is 0. The van der Waals surface area contributed by atoms with Crippen molar-refractivity contribution in [1.82, 2.24) is 10.1 Å². The van der Waals surface area contributed by atoms with Crippen molar-refractivity contribution >= 4 is 0 Å². The monoisotopic (exact) mass is 182 g/mol. The Hall–Kier alpha value is -0.900. The summed E-state index contributed by atoms with van der Waals surface area (Å²) in [5, 5.41) is 3.87. The van der Waals surface area contributed by atoms with Crippen LogP contribution in [0.5, 0.6) is 0 Å². The van der Waals surface area contributed by atoms with E-state index in [2.05, 4.69) is 17.1 Å². The fourth-order valence-corrected chi connectivity index (χ4v) is 1.33. The fourth-order valence-electron chi connectivity index (χ4n) is 1.33. The lowest BCUT2D eigenvalue weighted by Gasteiger charge is -2.00. The fraction of sp³-hybridized carbons (Fsp3) is 0.778. The molecule has 1 aromatic rings. The maximum atomic E-state index is 5.14. The lowest BCUT2D eigenvalue weighted by atomic mass is 10.3. The SMILES string of the molecule is COC(C)c1noc([C@@H]2C[C@H]2C)n1. The lowest BCUT2D eigenvalue weighted by Crippen LogP contribution is -1.98. The number of ether oxygens (including phenoxy) is 1. The number of methoxy groups -OCH3 is 1. The predicted molar refractivity (Wildman–Crippen MR) is 46.2 cm³/mol. The Morgan fingerprint density at radius 1 is 1.62 bits per heavy atom. The Morgan fingerprint density at radius 2 is 2.31 bits per heavy atom. The molecule has 1 unspecified atom stereocenters. The third kappa shape index (κ3) is 1.58. The Bertz CT molecular complexity index is 279. The molecule has 1 fully saturated rings. The zero-order chi connectivity index (χ0) is 9.42. The molecule has 0 N–H and O–H groups in total. The average Bonchev–Trinajstić information content (AvgIpc) is 2.70. The van der Waals surface area contributed by atoms with Crippen molar-refractivity contribution in [2.75, 3.05) is 7.11 Å². The summed E-state index contributed by atoms with van der Waals surface area (Å²) in [5.74, 6) is 2.61. The highest BCUT2D eigenvalue weighted by Gasteiger charge is 2.39. The highest BCUT2D eigenvalue weighted by molar-refractivity contribution is 5.06. The average molecular weight is 182 g/mol. The van der Waals surface area contributed by atoms with Crippen molar-refractivity contribution in [1.29, 1.82) is 0 Å². The van der Waals surface area contributed by atoms with E-state index in [-0.39, 0.29) is 6.10 Å². The standard InChI is InChI=1S/C9H14N2O2/c1-5-4-7(5)9-10-8(11-13-9)6(2)12-3/h5-7H,4H2,1-3H3/t5-,6?,7-/m1/s1. The largest absolute Gasteiger partial charge is 0.374 e. The Labute approximate surface area is 77.3 Å². The number of rotatable bonds is 3. The van der Waals surface area contributed by atoms with Crippen molar-refractivity contribution in [3.63, 3.8) is 0 Å². The number of hydrogen-bond acceptors (Lipinski definition) is 4. The summed E-state index contributed by atoms with van der Waals surface area (Å²) in [6.07, 6.45) is 1.09. The first kappa shape index (κ1) is 8.69. The van der Waals surface area contributed by atoms with Gasteiger partial charge in [0.05, 0.1) is 0 Å². The Morgan fingerprint density at radius 3 is 2.85 bits per heavy atom. The predicted octanol–water partition coefficient (Wildman–Crippen LogP) is 1.90. The minimum Gasteiger partial charge on any atom is -0.374 e. The van der Waals surface area contributed by atoms with Gasteiger partial charge in [-0.2, -0.15) is 4.98 Å². The van der Waals surface area contributed by atoms with Gasteiger partial charge in [0.2, 0.25) is 5.89 Å². The summed E-state index contributed by atoms with van der Waals surface area (Å²) in [5.41, 5.74) is 0. The first-order valence-electron chi connectivity index (χ1n) is 4.58. The maximum absolute atomic E-state index is 5.14. The van der Waals surface area contributed by atoms with Crippen LogP contribution in [0.3, 0.4) is 0 Å². The van der Waals surface area contributed by atoms with E-state index in [1.807, 2.05) is 6.92 Å². The minimum atomic E-state index is -0.0773. The molecule has 13 heavy (non-hydrogen) atoms. The second-order valence-electron chi connectivity index (χ2n) is 3.69. The van der Waals surface area contributed by atoms with E-state index in [4.69, 9.17) is 9.26 Å². The first-order chi connectivity index (χ1) is 6.22. The van der Waals surface area contributed by atoms with E-state index < -0.39 is 0 Å². The van der Waals surface area contributed by atoms with E-state index in [1.165, 1.54) is 6.42 Å². The Kier molecular flexibility index (Phi) is 2.07. The molecular formula is C9H14N2O2. The van der Waals surface area contributed by atoms with Crippen molar-refractivity contribution in [2.45, 2.75) is 32.3 Å². The smallest absolute Gasteiger partial charge is 0.230 e. The molecule has 3 atom stereocenters.